The third-order valence-electron chi connectivity index (χ3n) is 4.08. The van der Waals surface area contributed by atoms with Crippen molar-refractivity contribution < 1.29 is 14.7 Å². The summed E-state index contributed by atoms with van der Waals surface area (Å²) in [6.07, 6.45) is 2.06. The Balaban J connectivity index is 2.34. The second-order valence-electron chi connectivity index (χ2n) is 5.34. The number of nitrogens with one attached hydrogen (secondary N) is 1. The highest BCUT2D eigenvalue weighted by Crippen LogP contribution is 2.17. The van der Waals surface area contributed by atoms with E-state index < -0.39 is 6.10 Å². The first-order valence-corrected chi connectivity index (χ1v) is 7.20. The quantitative estimate of drug-likeness (QED) is 0.749. The molecule has 0 radical (unpaired) electrons. The molecule has 1 aliphatic rings. The van der Waals surface area contributed by atoms with Crippen molar-refractivity contribution in [2.24, 2.45) is 11.8 Å². The normalized spacial score (nSPS) is 20.7. The monoisotopic (exact) mass is 270 g/mol. The van der Waals surface area contributed by atoms with E-state index in [0.717, 1.165) is 12.8 Å². The maximum Gasteiger partial charge on any atom is 0.225 e. The highest BCUT2D eigenvalue weighted by molar-refractivity contribution is 5.81. The zero-order valence-corrected chi connectivity index (χ0v) is 12.2. The molecular weight excluding hydrogens is 244 g/mol. The van der Waals surface area contributed by atoms with Crippen LogP contribution in [0.4, 0.5) is 0 Å². The lowest BCUT2D eigenvalue weighted by atomic mass is 9.96. The van der Waals surface area contributed by atoms with E-state index >= 15 is 0 Å². The number of hydrogen-bond donors (Lipinski definition) is 2. The van der Waals surface area contributed by atoms with Crippen molar-refractivity contribution in [2.45, 2.75) is 46.1 Å². The van der Waals surface area contributed by atoms with Gasteiger partial charge in [-0.25, -0.2) is 0 Å². The minimum Gasteiger partial charge on any atom is -0.391 e. The summed E-state index contributed by atoms with van der Waals surface area (Å²) in [7, 11) is 0. The summed E-state index contributed by atoms with van der Waals surface area (Å²) in [5.41, 5.74) is 0. The summed E-state index contributed by atoms with van der Waals surface area (Å²) in [4.78, 5) is 24.9. The Hall–Kier alpha value is -1.10. The van der Waals surface area contributed by atoms with Crippen LogP contribution < -0.4 is 5.32 Å². The standard InChI is InChI=1S/C14H26N2O3/c1-4-11(5-2)13(18)8-15-14(19)12-6-7-16(9-12)10(3)17/h11-13,18H,4-9H2,1-3H3,(H,15,19). The minimum absolute atomic E-state index is 0.0207. The molecule has 0 aromatic heterocycles. The number of amides is 2. The minimum atomic E-state index is -0.482. The third kappa shape index (κ3) is 4.49. The number of rotatable bonds is 6. The molecule has 0 aromatic rings. The highest BCUT2D eigenvalue weighted by Gasteiger charge is 2.29. The molecule has 19 heavy (non-hydrogen) atoms. The second kappa shape index (κ2) is 7.48. The molecule has 1 heterocycles. The molecule has 2 N–H and O–H groups in total. The highest BCUT2D eigenvalue weighted by atomic mass is 16.3. The average molecular weight is 270 g/mol. The lowest BCUT2D eigenvalue weighted by Gasteiger charge is -2.21. The largest absolute Gasteiger partial charge is 0.391 e. The molecule has 0 spiro atoms. The van der Waals surface area contributed by atoms with Gasteiger partial charge >= 0.3 is 0 Å². The molecule has 2 atom stereocenters. The fourth-order valence-electron chi connectivity index (χ4n) is 2.61. The Morgan fingerprint density at radius 1 is 1.37 bits per heavy atom. The zero-order valence-electron chi connectivity index (χ0n) is 12.2. The molecule has 110 valence electrons. The van der Waals surface area contributed by atoms with E-state index in [2.05, 4.69) is 5.32 Å². The van der Waals surface area contributed by atoms with Crippen LogP contribution in [-0.4, -0.2) is 47.6 Å². The SMILES string of the molecule is CCC(CC)C(O)CNC(=O)C1CCN(C(C)=O)C1. The summed E-state index contributed by atoms with van der Waals surface area (Å²) in [6, 6.07) is 0. The first-order chi connectivity index (χ1) is 8.99. The molecule has 5 heteroatoms. The van der Waals surface area contributed by atoms with Crippen molar-refractivity contribution in [3.8, 4) is 0 Å². The molecule has 1 saturated heterocycles. The van der Waals surface area contributed by atoms with Crippen LogP contribution >= 0.6 is 0 Å². The van der Waals surface area contributed by atoms with Gasteiger partial charge in [-0.15, -0.1) is 0 Å². The van der Waals surface area contributed by atoms with Gasteiger partial charge in [0.15, 0.2) is 0 Å². The zero-order chi connectivity index (χ0) is 14.4. The summed E-state index contributed by atoms with van der Waals surface area (Å²) < 4.78 is 0. The van der Waals surface area contributed by atoms with Gasteiger partial charge in [0, 0.05) is 26.6 Å². The molecule has 1 aliphatic heterocycles. The molecule has 0 saturated carbocycles. The number of hydrogen-bond acceptors (Lipinski definition) is 3. The maximum atomic E-state index is 12.0. The number of nitrogens with zero attached hydrogens (tertiary/aromatic N) is 1. The Bertz CT molecular complexity index is 316. The molecular formula is C14H26N2O3. The molecule has 0 aromatic carbocycles. The Morgan fingerprint density at radius 3 is 2.47 bits per heavy atom. The van der Waals surface area contributed by atoms with Crippen LogP contribution in [0.1, 0.15) is 40.0 Å². The van der Waals surface area contributed by atoms with Gasteiger partial charge in [-0.05, 0) is 12.3 Å². The van der Waals surface area contributed by atoms with Crippen LogP contribution in [0.2, 0.25) is 0 Å². The second-order valence-corrected chi connectivity index (χ2v) is 5.34. The number of likely N-dealkylation sites (tertiary alicyclic amines) is 1. The molecule has 2 amide bonds. The van der Waals surface area contributed by atoms with Gasteiger partial charge in [0.1, 0.15) is 0 Å². The predicted octanol–water partition coefficient (Wildman–Crippen LogP) is 0.768. The van der Waals surface area contributed by atoms with Crippen molar-refractivity contribution >= 4 is 11.8 Å². The van der Waals surface area contributed by atoms with E-state index in [1.54, 1.807) is 4.90 Å². The summed E-state index contributed by atoms with van der Waals surface area (Å²) in [6.45, 7) is 7.07. The van der Waals surface area contributed by atoms with Crippen LogP contribution in [0.5, 0.6) is 0 Å². The van der Waals surface area contributed by atoms with Gasteiger partial charge in [-0.1, -0.05) is 26.7 Å². The van der Waals surface area contributed by atoms with Crippen molar-refractivity contribution in [2.75, 3.05) is 19.6 Å². The van der Waals surface area contributed by atoms with E-state index in [-0.39, 0.29) is 23.7 Å². The van der Waals surface area contributed by atoms with E-state index in [0.29, 0.717) is 26.1 Å². The smallest absolute Gasteiger partial charge is 0.225 e. The van der Waals surface area contributed by atoms with Crippen LogP contribution in [0, 0.1) is 11.8 Å². The predicted molar refractivity (Wildman–Crippen MR) is 73.4 cm³/mol. The van der Waals surface area contributed by atoms with Crippen molar-refractivity contribution in [3.63, 3.8) is 0 Å². The Kier molecular flexibility index (Phi) is 6.28. The van der Waals surface area contributed by atoms with Gasteiger partial charge in [-0.3, -0.25) is 9.59 Å². The third-order valence-corrected chi connectivity index (χ3v) is 4.08. The Labute approximate surface area is 115 Å². The van der Waals surface area contributed by atoms with E-state index in [1.807, 2.05) is 13.8 Å². The van der Waals surface area contributed by atoms with Crippen molar-refractivity contribution in [1.82, 2.24) is 10.2 Å². The lowest BCUT2D eigenvalue weighted by Crippen LogP contribution is -2.40. The van der Waals surface area contributed by atoms with Gasteiger partial charge in [0.2, 0.25) is 11.8 Å². The summed E-state index contributed by atoms with van der Waals surface area (Å²) in [5.74, 6) is 0.0801. The molecule has 0 aliphatic carbocycles. The lowest BCUT2D eigenvalue weighted by molar-refractivity contribution is -0.128. The first-order valence-electron chi connectivity index (χ1n) is 7.20. The first kappa shape index (κ1) is 16.0. The van der Waals surface area contributed by atoms with Crippen molar-refractivity contribution in [1.29, 1.82) is 0 Å². The number of carbonyl (C=O) groups is 2. The summed E-state index contributed by atoms with van der Waals surface area (Å²) >= 11 is 0. The van der Waals surface area contributed by atoms with Gasteiger partial charge in [0.25, 0.3) is 0 Å². The average Bonchev–Trinajstić information content (AvgIpc) is 2.87. The van der Waals surface area contributed by atoms with Gasteiger partial charge < -0.3 is 15.3 Å². The van der Waals surface area contributed by atoms with Crippen LogP contribution in [0.15, 0.2) is 0 Å². The number of carbonyl (C=O) groups excluding carboxylic acids is 2. The summed E-state index contributed by atoms with van der Waals surface area (Å²) in [5, 5.41) is 12.8. The van der Waals surface area contributed by atoms with Crippen LogP contribution in [-0.2, 0) is 9.59 Å². The number of aliphatic hydroxyl groups is 1. The molecule has 1 rings (SSSR count). The molecule has 0 bridgehead atoms. The van der Waals surface area contributed by atoms with E-state index in [1.165, 1.54) is 6.92 Å². The van der Waals surface area contributed by atoms with E-state index in [9.17, 15) is 14.7 Å². The molecule has 1 fully saturated rings. The fraction of sp³-hybridized carbons (Fsp3) is 0.857. The molecule has 2 unspecified atom stereocenters. The molecule has 5 nitrogen and oxygen atoms in total. The van der Waals surface area contributed by atoms with Crippen LogP contribution in [0.25, 0.3) is 0 Å². The Morgan fingerprint density at radius 2 is 2.00 bits per heavy atom. The van der Waals surface area contributed by atoms with Crippen LogP contribution in [0.3, 0.4) is 0 Å². The number of aliphatic hydroxyl groups excluding tert-OH is 1. The fourth-order valence-corrected chi connectivity index (χ4v) is 2.61. The topological polar surface area (TPSA) is 69.6 Å². The van der Waals surface area contributed by atoms with Gasteiger partial charge in [0.05, 0.1) is 12.0 Å². The van der Waals surface area contributed by atoms with Crippen molar-refractivity contribution in [3.05, 3.63) is 0 Å². The van der Waals surface area contributed by atoms with E-state index in [4.69, 9.17) is 0 Å². The maximum absolute atomic E-state index is 12.0. The van der Waals surface area contributed by atoms with Gasteiger partial charge in [-0.2, -0.15) is 0 Å².